The summed E-state index contributed by atoms with van der Waals surface area (Å²) in [6.45, 7) is 4.81. The highest BCUT2D eigenvalue weighted by Crippen LogP contribution is 2.32. The third-order valence-electron chi connectivity index (χ3n) is 4.33. The Hall–Kier alpha value is -1.82. The minimum absolute atomic E-state index is 0.0779. The lowest BCUT2D eigenvalue weighted by Gasteiger charge is -2.25. The number of nitrogens with one attached hydrogen (secondary N) is 1. The molecule has 1 saturated heterocycles. The van der Waals surface area contributed by atoms with Crippen molar-refractivity contribution in [2.45, 2.75) is 38.6 Å². The monoisotopic (exact) mass is 338 g/mol. The van der Waals surface area contributed by atoms with Crippen LogP contribution in [-0.2, 0) is 0 Å². The molecule has 1 aliphatic rings. The molecule has 2 rings (SSSR count). The van der Waals surface area contributed by atoms with Crippen molar-refractivity contribution in [3.63, 3.8) is 0 Å². The van der Waals surface area contributed by atoms with Gasteiger partial charge in [0, 0.05) is 12.6 Å². The van der Waals surface area contributed by atoms with Crippen molar-refractivity contribution in [1.82, 2.24) is 10.2 Å². The van der Waals surface area contributed by atoms with Gasteiger partial charge in [-0.3, -0.25) is 4.79 Å². The summed E-state index contributed by atoms with van der Waals surface area (Å²) >= 11 is 0. The molecule has 1 aromatic rings. The average Bonchev–Trinajstić information content (AvgIpc) is 2.82. The lowest BCUT2D eigenvalue weighted by molar-refractivity contribution is 0.0921. The molecule has 1 fully saturated rings. The Morgan fingerprint density at radius 2 is 1.88 bits per heavy atom. The van der Waals surface area contributed by atoms with Crippen LogP contribution in [-0.4, -0.2) is 50.7 Å². The Kier molecular flexibility index (Phi) is 6.85. The van der Waals surface area contributed by atoms with Gasteiger partial charge in [0.2, 0.25) is 0 Å². The number of rotatable bonds is 6. The SMILES string of the molecule is COc1ccc(F)c(C(=O)N[C@H](C)CN2CCCCCC2)c1OC. The van der Waals surface area contributed by atoms with Crippen LogP contribution >= 0.6 is 0 Å². The van der Waals surface area contributed by atoms with Gasteiger partial charge < -0.3 is 19.7 Å². The van der Waals surface area contributed by atoms with Crippen LogP contribution in [0.3, 0.4) is 0 Å². The topological polar surface area (TPSA) is 50.8 Å². The van der Waals surface area contributed by atoms with Gasteiger partial charge in [-0.1, -0.05) is 12.8 Å². The summed E-state index contributed by atoms with van der Waals surface area (Å²) in [5, 5.41) is 2.87. The van der Waals surface area contributed by atoms with E-state index in [1.807, 2.05) is 6.92 Å². The number of hydrogen-bond donors (Lipinski definition) is 1. The maximum absolute atomic E-state index is 14.2. The summed E-state index contributed by atoms with van der Waals surface area (Å²) in [6.07, 6.45) is 4.92. The Labute approximate surface area is 143 Å². The Morgan fingerprint density at radius 1 is 1.21 bits per heavy atom. The van der Waals surface area contributed by atoms with Crippen molar-refractivity contribution in [3.8, 4) is 11.5 Å². The zero-order valence-electron chi connectivity index (χ0n) is 14.7. The number of benzene rings is 1. The smallest absolute Gasteiger partial charge is 0.258 e. The number of nitrogens with zero attached hydrogens (tertiary/aromatic N) is 1. The first-order valence-electron chi connectivity index (χ1n) is 8.50. The molecule has 1 heterocycles. The average molecular weight is 338 g/mol. The molecule has 134 valence electrons. The normalized spacial score (nSPS) is 17.0. The minimum atomic E-state index is -0.618. The fourth-order valence-electron chi connectivity index (χ4n) is 3.16. The predicted molar refractivity (Wildman–Crippen MR) is 91.3 cm³/mol. The molecule has 1 amide bonds. The van der Waals surface area contributed by atoms with Gasteiger partial charge in [-0.15, -0.1) is 0 Å². The molecule has 0 unspecified atom stereocenters. The fourth-order valence-corrected chi connectivity index (χ4v) is 3.16. The lowest BCUT2D eigenvalue weighted by Crippen LogP contribution is -2.42. The van der Waals surface area contributed by atoms with Gasteiger partial charge in [-0.05, 0) is 45.0 Å². The number of likely N-dealkylation sites (tertiary alicyclic amines) is 1. The largest absolute Gasteiger partial charge is 0.493 e. The number of halogens is 1. The highest BCUT2D eigenvalue weighted by Gasteiger charge is 2.23. The summed E-state index contributed by atoms with van der Waals surface area (Å²) in [5.74, 6) is -0.640. The maximum Gasteiger partial charge on any atom is 0.258 e. The summed E-state index contributed by atoms with van der Waals surface area (Å²) in [4.78, 5) is 14.9. The molecule has 24 heavy (non-hydrogen) atoms. The molecule has 0 aliphatic carbocycles. The maximum atomic E-state index is 14.2. The highest BCUT2D eigenvalue weighted by atomic mass is 19.1. The second-order valence-electron chi connectivity index (χ2n) is 6.25. The predicted octanol–water partition coefficient (Wildman–Crippen LogP) is 2.84. The van der Waals surface area contributed by atoms with E-state index in [1.165, 1.54) is 52.0 Å². The van der Waals surface area contributed by atoms with E-state index in [9.17, 15) is 9.18 Å². The van der Waals surface area contributed by atoms with Gasteiger partial charge in [0.1, 0.15) is 11.4 Å². The second-order valence-corrected chi connectivity index (χ2v) is 6.25. The van der Waals surface area contributed by atoms with Crippen molar-refractivity contribution < 1.29 is 18.7 Å². The summed E-state index contributed by atoms with van der Waals surface area (Å²) < 4.78 is 24.5. The lowest BCUT2D eigenvalue weighted by atomic mass is 10.1. The van der Waals surface area contributed by atoms with Crippen LogP contribution in [0, 0.1) is 5.82 Å². The van der Waals surface area contributed by atoms with E-state index in [2.05, 4.69) is 10.2 Å². The van der Waals surface area contributed by atoms with Gasteiger partial charge in [0.25, 0.3) is 5.91 Å². The second kappa shape index (κ2) is 8.87. The molecule has 1 atom stereocenters. The van der Waals surface area contributed by atoms with Crippen LogP contribution in [0.25, 0.3) is 0 Å². The third-order valence-corrected chi connectivity index (χ3v) is 4.33. The summed E-state index contributed by atoms with van der Waals surface area (Å²) in [5.41, 5.74) is -0.112. The molecule has 6 heteroatoms. The molecular formula is C18H27FN2O3. The van der Waals surface area contributed by atoms with Crippen LogP contribution in [0.2, 0.25) is 0 Å². The quantitative estimate of drug-likeness (QED) is 0.867. The van der Waals surface area contributed by atoms with Crippen LogP contribution in [0.4, 0.5) is 4.39 Å². The number of ether oxygens (including phenoxy) is 2. The molecule has 0 bridgehead atoms. The molecule has 1 N–H and O–H groups in total. The van der Waals surface area contributed by atoms with Crippen molar-refractivity contribution in [3.05, 3.63) is 23.5 Å². The van der Waals surface area contributed by atoms with E-state index in [1.54, 1.807) is 0 Å². The molecule has 5 nitrogen and oxygen atoms in total. The van der Waals surface area contributed by atoms with Gasteiger partial charge in [-0.2, -0.15) is 0 Å². The van der Waals surface area contributed by atoms with Gasteiger partial charge in [-0.25, -0.2) is 4.39 Å². The van der Waals surface area contributed by atoms with Crippen LogP contribution < -0.4 is 14.8 Å². The minimum Gasteiger partial charge on any atom is -0.493 e. The first-order chi connectivity index (χ1) is 11.6. The number of methoxy groups -OCH3 is 2. The molecular weight excluding hydrogens is 311 g/mol. The Morgan fingerprint density at radius 3 is 2.46 bits per heavy atom. The number of hydrogen-bond acceptors (Lipinski definition) is 4. The van der Waals surface area contributed by atoms with Crippen LogP contribution in [0.1, 0.15) is 43.0 Å². The zero-order chi connectivity index (χ0) is 17.5. The van der Waals surface area contributed by atoms with Crippen molar-refractivity contribution >= 4 is 5.91 Å². The number of carbonyl (C=O) groups excluding carboxylic acids is 1. The standard InChI is InChI=1S/C18H27FN2O3/c1-13(12-21-10-6-4-5-7-11-21)20-18(22)16-14(19)8-9-15(23-2)17(16)24-3/h8-9,13H,4-7,10-12H2,1-3H3,(H,20,22)/t13-/m1/s1. The van der Waals surface area contributed by atoms with E-state index in [-0.39, 0.29) is 17.4 Å². The molecule has 0 spiro atoms. The fraction of sp³-hybridized carbons (Fsp3) is 0.611. The summed E-state index contributed by atoms with van der Waals surface area (Å²) in [6, 6.07) is 2.59. The van der Waals surface area contributed by atoms with Crippen molar-refractivity contribution in [2.75, 3.05) is 33.9 Å². The van der Waals surface area contributed by atoms with Gasteiger partial charge in [0.05, 0.1) is 14.2 Å². The third kappa shape index (κ3) is 4.60. The molecule has 0 aromatic heterocycles. The molecule has 1 aliphatic heterocycles. The highest BCUT2D eigenvalue weighted by molar-refractivity contribution is 5.98. The van der Waals surface area contributed by atoms with E-state index in [0.717, 1.165) is 19.6 Å². The molecule has 0 saturated carbocycles. The molecule has 1 aromatic carbocycles. The number of carbonyl (C=O) groups is 1. The van der Waals surface area contributed by atoms with E-state index < -0.39 is 11.7 Å². The van der Waals surface area contributed by atoms with Crippen molar-refractivity contribution in [1.29, 1.82) is 0 Å². The van der Waals surface area contributed by atoms with Gasteiger partial charge in [0.15, 0.2) is 11.5 Å². The van der Waals surface area contributed by atoms with Gasteiger partial charge >= 0.3 is 0 Å². The van der Waals surface area contributed by atoms with Crippen LogP contribution in [0.5, 0.6) is 11.5 Å². The first kappa shape index (κ1) is 18.5. The summed E-state index contributed by atoms with van der Waals surface area (Å²) in [7, 11) is 2.86. The van der Waals surface area contributed by atoms with E-state index in [0.29, 0.717) is 5.75 Å². The first-order valence-corrected chi connectivity index (χ1v) is 8.50. The van der Waals surface area contributed by atoms with E-state index >= 15 is 0 Å². The number of amides is 1. The van der Waals surface area contributed by atoms with Crippen LogP contribution in [0.15, 0.2) is 12.1 Å². The Bertz CT molecular complexity index is 557. The molecule has 0 radical (unpaired) electrons. The Balaban J connectivity index is 2.06. The zero-order valence-corrected chi connectivity index (χ0v) is 14.7. The van der Waals surface area contributed by atoms with Crippen molar-refractivity contribution in [2.24, 2.45) is 0 Å². The van der Waals surface area contributed by atoms with E-state index in [4.69, 9.17) is 9.47 Å².